The van der Waals surface area contributed by atoms with Crippen LogP contribution in [0.3, 0.4) is 0 Å². The van der Waals surface area contributed by atoms with Gasteiger partial charge in [0.15, 0.2) is 0 Å². The van der Waals surface area contributed by atoms with E-state index in [9.17, 15) is 4.79 Å². The molecule has 2 heterocycles. The number of benzene rings is 1. The van der Waals surface area contributed by atoms with Crippen molar-refractivity contribution in [3.05, 3.63) is 29.3 Å². The first-order valence-corrected chi connectivity index (χ1v) is 6.56. The number of carbonyl (C=O) groups is 1. The van der Waals surface area contributed by atoms with Crippen molar-refractivity contribution in [1.29, 1.82) is 0 Å². The summed E-state index contributed by atoms with van der Waals surface area (Å²) in [6.07, 6.45) is 1.94. The van der Waals surface area contributed by atoms with Crippen LogP contribution >= 0.6 is 0 Å². The van der Waals surface area contributed by atoms with Crippen LogP contribution in [0.25, 0.3) is 0 Å². The number of nitrogens with zero attached hydrogens (tertiary/aromatic N) is 1. The quantitative estimate of drug-likeness (QED) is 0.849. The van der Waals surface area contributed by atoms with Crippen LogP contribution in [-0.4, -0.2) is 43.6 Å². The molecule has 1 aromatic rings. The lowest BCUT2D eigenvalue weighted by atomic mass is 10.1. The van der Waals surface area contributed by atoms with E-state index >= 15 is 0 Å². The number of fused-ring (bicyclic) bond motifs is 1. The number of carbonyl (C=O) groups excluding carboxylic acids is 1. The van der Waals surface area contributed by atoms with Crippen LogP contribution < -0.4 is 10.1 Å². The molecule has 0 radical (unpaired) electrons. The highest BCUT2D eigenvalue weighted by atomic mass is 16.5. The predicted molar refractivity (Wildman–Crippen MR) is 68.8 cm³/mol. The lowest BCUT2D eigenvalue weighted by Crippen LogP contribution is -2.48. The van der Waals surface area contributed by atoms with Crippen molar-refractivity contribution >= 4 is 5.91 Å². The molecule has 1 aromatic carbocycles. The molecular weight excluding hydrogens is 228 g/mol. The van der Waals surface area contributed by atoms with Crippen LogP contribution in [0.15, 0.2) is 18.2 Å². The molecule has 0 bridgehead atoms. The third-order valence-corrected chi connectivity index (χ3v) is 3.61. The minimum absolute atomic E-state index is 0.214. The molecule has 0 atom stereocenters. The third kappa shape index (κ3) is 2.34. The Morgan fingerprint density at radius 2 is 2.33 bits per heavy atom. The Hall–Kier alpha value is -1.55. The molecule has 4 heteroatoms. The van der Waals surface area contributed by atoms with E-state index in [0.29, 0.717) is 6.54 Å². The minimum atomic E-state index is 0.214. The highest BCUT2D eigenvalue weighted by molar-refractivity contribution is 5.79. The highest BCUT2D eigenvalue weighted by Gasteiger charge is 2.17. The number of piperazine rings is 1. The van der Waals surface area contributed by atoms with Crippen molar-refractivity contribution in [1.82, 2.24) is 10.2 Å². The fourth-order valence-corrected chi connectivity index (χ4v) is 2.54. The van der Waals surface area contributed by atoms with E-state index in [1.807, 2.05) is 4.90 Å². The molecule has 2 aliphatic heterocycles. The monoisotopic (exact) mass is 246 g/mol. The standard InChI is InChI=1S/C14H18N2O2/c17-14-10-15-5-7-16(14)6-3-11-1-2-13-12(9-11)4-8-18-13/h1-2,9,15H,3-8,10H2. The Kier molecular flexibility index (Phi) is 3.19. The first-order chi connectivity index (χ1) is 8.83. The summed E-state index contributed by atoms with van der Waals surface area (Å²) in [5.41, 5.74) is 2.60. The van der Waals surface area contributed by atoms with Crippen LogP contribution in [0.5, 0.6) is 5.75 Å². The molecule has 1 N–H and O–H groups in total. The minimum Gasteiger partial charge on any atom is -0.493 e. The van der Waals surface area contributed by atoms with Gasteiger partial charge in [-0.2, -0.15) is 0 Å². The van der Waals surface area contributed by atoms with Gasteiger partial charge in [0.1, 0.15) is 5.75 Å². The fraction of sp³-hybridized carbons (Fsp3) is 0.500. The van der Waals surface area contributed by atoms with Gasteiger partial charge in [-0.25, -0.2) is 0 Å². The molecule has 0 aromatic heterocycles. The second kappa shape index (κ2) is 4.98. The Morgan fingerprint density at radius 3 is 3.22 bits per heavy atom. The summed E-state index contributed by atoms with van der Waals surface area (Å²) >= 11 is 0. The van der Waals surface area contributed by atoms with Gasteiger partial charge in [0.2, 0.25) is 5.91 Å². The average Bonchev–Trinajstić information content (AvgIpc) is 2.85. The number of nitrogens with one attached hydrogen (secondary N) is 1. The highest BCUT2D eigenvalue weighted by Crippen LogP contribution is 2.26. The molecular formula is C14H18N2O2. The lowest BCUT2D eigenvalue weighted by Gasteiger charge is -2.27. The summed E-state index contributed by atoms with van der Waals surface area (Å²) in [7, 11) is 0. The Balaban J connectivity index is 1.61. The molecule has 0 saturated carbocycles. The van der Waals surface area contributed by atoms with Crippen LogP contribution in [0, 0.1) is 0 Å². The smallest absolute Gasteiger partial charge is 0.236 e. The summed E-state index contributed by atoms with van der Waals surface area (Å²) in [5.74, 6) is 1.24. The fourth-order valence-electron chi connectivity index (χ4n) is 2.54. The molecule has 18 heavy (non-hydrogen) atoms. The van der Waals surface area contributed by atoms with Gasteiger partial charge in [0.25, 0.3) is 0 Å². The molecule has 0 spiro atoms. The van der Waals surface area contributed by atoms with Gasteiger partial charge < -0.3 is 15.0 Å². The molecule has 0 aliphatic carbocycles. The molecule has 4 nitrogen and oxygen atoms in total. The van der Waals surface area contributed by atoms with E-state index < -0.39 is 0 Å². The van der Waals surface area contributed by atoms with Crippen molar-refractivity contribution in [2.24, 2.45) is 0 Å². The van der Waals surface area contributed by atoms with E-state index in [2.05, 4.69) is 23.5 Å². The van der Waals surface area contributed by atoms with E-state index in [-0.39, 0.29) is 5.91 Å². The summed E-state index contributed by atoms with van der Waals surface area (Å²) in [4.78, 5) is 13.6. The molecule has 1 fully saturated rings. The zero-order valence-electron chi connectivity index (χ0n) is 10.4. The van der Waals surface area contributed by atoms with Gasteiger partial charge in [-0.1, -0.05) is 12.1 Å². The maximum Gasteiger partial charge on any atom is 0.236 e. The average molecular weight is 246 g/mol. The largest absolute Gasteiger partial charge is 0.493 e. The molecule has 1 saturated heterocycles. The first-order valence-electron chi connectivity index (χ1n) is 6.56. The van der Waals surface area contributed by atoms with E-state index in [4.69, 9.17) is 4.74 Å². The van der Waals surface area contributed by atoms with Gasteiger partial charge in [-0.15, -0.1) is 0 Å². The maximum atomic E-state index is 11.6. The molecule has 3 rings (SSSR count). The number of hydrogen-bond donors (Lipinski definition) is 1. The molecule has 2 aliphatic rings. The number of ether oxygens (including phenoxy) is 1. The Bertz CT molecular complexity index is 459. The first kappa shape index (κ1) is 11.5. The van der Waals surface area contributed by atoms with E-state index in [1.165, 1.54) is 11.1 Å². The summed E-state index contributed by atoms with van der Waals surface area (Å²) in [5, 5.41) is 3.09. The molecule has 0 unspecified atom stereocenters. The van der Waals surface area contributed by atoms with Crippen molar-refractivity contribution in [2.45, 2.75) is 12.8 Å². The van der Waals surface area contributed by atoms with Crippen molar-refractivity contribution in [3.63, 3.8) is 0 Å². The third-order valence-electron chi connectivity index (χ3n) is 3.61. The van der Waals surface area contributed by atoms with Gasteiger partial charge in [0.05, 0.1) is 13.2 Å². The second-order valence-electron chi connectivity index (χ2n) is 4.85. The normalized spacial score (nSPS) is 18.7. The lowest BCUT2D eigenvalue weighted by molar-refractivity contribution is -0.131. The number of rotatable bonds is 3. The van der Waals surface area contributed by atoms with Crippen LogP contribution in [0.2, 0.25) is 0 Å². The Labute approximate surface area is 107 Å². The van der Waals surface area contributed by atoms with Crippen molar-refractivity contribution in [3.8, 4) is 5.75 Å². The summed E-state index contributed by atoms with van der Waals surface area (Å²) in [6.45, 7) is 3.84. The summed E-state index contributed by atoms with van der Waals surface area (Å²) < 4.78 is 5.49. The number of amides is 1. The van der Waals surface area contributed by atoms with Crippen molar-refractivity contribution < 1.29 is 9.53 Å². The molecule has 96 valence electrons. The topological polar surface area (TPSA) is 41.6 Å². The van der Waals surface area contributed by atoms with Gasteiger partial charge in [-0.05, 0) is 23.6 Å². The van der Waals surface area contributed by atoms with Crippen molar-refractivity contribution in [2.75, 3.05) is 32.8 Å². The van der Waals surface area contributed by atoms with Crippen LogP contribution in [0.1, 0.15) is 11.1 Å². The zero-order chi connectivity index (χ0) is 12.4. The van der Waals surface area contributed by atoms with Crippen LogP contribution in [-0.2, 0) is 17.6 Å². The SMILES string of the molecule is O=C1CNCCN1CCc1ccc2c(c1)CCO2. The maximum absolute atomic E-state index is 11.6. The summed E-state index contributed by atoms with van der Waals surface area (Å²) in [6, 6.07) is 6.38. The van der Waals surface area contributed by atoms with E-state index in [0.717, 1.165) is 44.8 Å². The van der Waals surface area contributed by atoms with Crippen LogP contribution in [0.4, 0.5) is 0 Å². The van der Waals surface area contributed by atoms with E-state index in [1.54, 1.807) is 0 Å². The zero-order valence-corrected chi connectivity index (χ0v) is 10.4. The second-order valence-corrected chi connectivity index (χ2v) is 4.85. The Morgan fingerprint density at radius 1 is 1.39 bits per heavy atom. The predicted octanol–water partition coefficient (Wildman–Crippen LogP) is 0.596. The van der Waals surface area contributed by atoms with Gasteiger partial charge in [0, 0.05) is 26.1 Å². The van der Waals surface area contributed by atoms with Gasteiger partial charge in [-0.3, -0.25) is 4.79 Å². The van der Waals surface area contributed by atoms with Gasteiger partial charge >= 0.3 is 0 Å². The number of hydrogen-bond acceptors (Lipinski definition) is 3. The molecule has 1 amide bonds.